The average molecular weight is 586 g/mol. The van der Waals surface area contributed by atoms with E-state index in [0.29, 0.717) is 26.2 Å². The lowest BCUT2D eigenvalue weighted by molar-refractivity contribution is -0.684. The highest BCUT2D eigenvalue weighted by molar-refractivity contribution is 5.84. The minimum atomic E-state index is -5.19. The van der Waals surface area contributed by atoms with Gasteiger partial charge in [-0.1, -0.05) is 42.5 Å². The van der Waals surface area contributed by atoms with Crippen molar-refractivity contribution in [3.8, 4) is 5.75 Å². The standard InChI is InChI=1S/C27H29N5O3.C2HF3O2/c1-35-22-9-7-19(8-10-22)17-32-26-24(16-30-32)23-11-13-31(18-21(23)15-29-26)27(34)25(28-12-14-33)20-5-3-2-4-6-20;3-2(4,5)1(6)7/h2-10,15-16,25,28,33H,11-14,17-18H2,1H3;(H,6,7). The molecule has 222 valence electrons. The van der Waals surface area contributed by atoms with Crippen LogP contribution in [-0.4, -0.2) is 69.6 Å². The van der Waals surface area contributed by atoms with Gasteiger partial charge in [0, 0.05) is 30.2 Å². The van der Waals surface area contributed by atoms with Crippen molar-refractivity contribution < 1.29 is 43.0 Å². The molecule has 3 N–H and O–H groups in total. The summed E-state index contributed by atoms with van der Waals surface area (Å²) in [5, 5.41) is 25.7. The lowest BCUT2D eigenvalue weighted by Crippen LogP contribution is -2.88. The molecule has 0 saturated heterocycles. The molecule has 4 aromatic rings. The number of aromatic nitrogens is 3. The zero-order valence-electron chi connectivity index (χ0n) is 22.8. The Morgan fingerprint density at radius 1 is 1.12 bits per heavy atom. The van der Waals surface area contributed by atoms with Gasteiger partial charge in [-0.2, -0.15) is 18.3 Å². The number of aliphatic carboxylic acids is 1. The summed E-state index contributed by atoms with van der Waals surface area (Å²) in [6.45, 7) is 2.30. The van der Waals surface area contributed by atoms with Gasteiger partial charge < -0.3 is 30.0 Å². The van der Waals surface area contributed by atoms with Gasteiger partial charge in [0.2, 0.25) is 0 Å². The van der Waals surface area contributed by atoms with Crippen LogP contribution in [-0.2, 0) is 29.1 Å². The number of methoxy groups -OCH3 is 1. The van der Waals surface area contributed by atoms with Crippen LogP contribution in [0.25, 0.3) is 11.0 Å². The number of aliphatic hydroxyl groups excluding tert-OH is 1. The van der Waals surface area contributed by atoms with E-state index in [0.717, 1.165) is 39.9 Å². The van der Waals surface area contributed by atoms with Crippen molar-refractivity contribution in [3.05, 3.63) is 89.2 Å². The first-order chi connectivity index (χ1) is 20.1. The van der Waals surface area contributed by atoms with E-state index >= 15 is 0 Å². The summed E-state index contributed by atoms with van der Waals surface area (Å²) in [5.41, 5.74) is 5.21. The number of quaternary nitrogens is 1. The van der Waals surface area contributed by atoms with Gasteiger partial charge in [-0.25, -0.2) is 9.67 Å². The molecule has 2 aromatic carbocycles. The molecule has 0 bridgehead atoms. The molecule has 0 fully saturated rings. The fourth-order valence-corrected chi connectivity index (χ4v) is 4.77. The lowest BCUT2D eigenvalue weighted by atomic mass is 9.97. The molecule has 10 nitrogen and oxygen atoms in total. The molecule has 0 saturated carbocycles. The number of nitrogens with two attached hydrogens (primary N) is 1. The van der Waals surface area contributed by atoms with Gasteiger partial charge >= 0.3 is 6.18 Å². The maximum absolute atomic E-state index is 13.5. The number of pyridine rings is 1. The topological polar surface area (TPSA) is 137 Å². The van der Waals surface area contributed by atoms with Crippen molar-refractivity contribution in [2.75, 3.05) is 26.8 Å². The van der Waals surface area contributed by atoms with E-state index in [2.05, 4.69) is 5.10 Å². The molecule has 1 unspecified atom stereocenters. The number of hydrogen-bond acceptors (Lipinski definition) is 7. The zero-order chi connectivity index (χ0) is 30.3. The van der Waals surface area contributed by atoms with Gasteiger partial charge in [0.05, 0.1) is 33.0 Å². The Hall–Kier alpha value is -4.49. The number of aliphatic hydroxyl groups is 1. The van der Waals surface area contributed by atoms with Crippen molar-refractivity contribution in [2.45, 2.75) is 31.7 Å². The molecule has 1 amide bonds. The van der Waals surface area contributed by atoms with Crippen molar-refractivity contribution in [1.29, 1.82) is 0 Å². The van der Waals surface area contributed by atoms with Crippen LogP contribution in [0.1, 0.15) is 28.3 Å². The lowest BCUT2D eigenvalue weighted by Gasteiger charge is -2.31. The predicted molar refractivity (Wildman–Crippen MR) is 143 cm³/mol. The second-order valence-corrected chi connectivity index (χ2v) is 9.58. The number of rotatable bonds is 8. The van der Waals surface area contributed by atoms with Crippen LogP contribution >= 0.6 is 0 Å². The fraction of sp³-hybridized carbons (Fsp3) is 0.310. The summed E-state index contributed by atoms with van der Waals surface area (Å²) in [6, 6.07) is 17.4. The normalized spacial score (nSPS) is 13.6. The van der Waals surface area contributed by atoms with Crippen LogP contribution in [0.3, 0.4) is 0 Å². The first kappa shape index (κ1) is 30.5. The quantitative estimate of drug-likeness (QED) is 0.314. The summed E-state index contributed by atoms with van der Waals surface area (Å²) < 4.78 is 38.7. The molecule has 42 heavy (non-hydrogen) atoms. The maximum Gasteiger partial charge on any atom is 0.430 e. The van der Waals surface area contributed by atoms with Gasteiger partial charge in [-0.3, -0.25) is 4.79 Å². The van der Waals surface area contributed by atoms with E-state index in [1.807, 2.05) is 81.9 Å². The first-order valence-corrected chi connectivity index (χ1v) is 13.1. The van der Waals surface area contributed by atoms with Gasteiger partial charge in [0.25, 0.3) is 5.91 Å². The van der Waals surface area contributed by atoms with Crippen molar-refractivity contribution >= 4 is 22.9 Å². The number of carboxylic acid groups (broad SMARTS) is 1. The SMILES string of the molecule is COc1ccc(Cn2ncc3c4c(cnc32)CN(C(=O)C([NH2+]CCO)c2ccccc2)CC4)cc1.O=C([O-])C(F)(F)F. The van der Waals surface area contributed by atoms with Crippen LogP contribution in [0.4, 0.5) is 13.2 Å². The number of amides is 1. The summed E-state index contributed by atoms with van der Waals surface area (Å²) in [4.78, 5) is 28.9. The van der Waals surface area contributed by atoms with E-state index in [4.69, 9.17) is 19.6 Å². The molecule has 0 aliphatic carbocycles. The Morgan fingerprint density at radius 3 is 2.43 bits per heavy atom. The molecular formula is C29H30F3N5O5. The Balaban J connectivity index is 0.000000517. The first-order valence-electron chi connectivity index (χ1n) is 13.1. The minimum absolute atomic E-state index is 0.0296. The van der Waals surface area contributed by atoms with Gasteiger partial charge in [0.1, 0.15) is 11.7 Å². The number of fused-ring (bicyclic) bond motifs is 3. The number of nitrogens with zero attached hydrogens (tertiary/aromatic N) is 4. The molecule has 5 rings (SSSR count). The van der Waals surface area contributed by atoms with Crippen molar-refractivity contribution in [2.24, 2.45) is 0 Å². The third-order valence-corrected chi connectivity index (χ3v) is 6.85. The predicted octanol–water partition coefficient (Wildman–Crippen LogP) is 0.969. The second kappa shape index (κ2) is 13.4. The third-order valence-electron chi connectivity index (χ3n) is 6.85. The van der Waals surface area contributed by atoms with E-state index in [9.17, 15) is 23.1 Å². The van der Waals surface area contributed by atoms with Gasteiger partial charge in [-0.15, -0.1) is 0 Å². The highest BCUT2D eigenvalue weighted by Crippen LogP contribution is 2.28. The number of carboxylic acids is 1. The van der Waals surface area contributed by atoms with Crippen LogP contribution < -0.4 is 15.2 Å². The van der Waals surface area contributed by atoms with Crippen molar-refractivity contribution in [3.63, 3.8) is 0 Å². The van der Waals surface area contributed by atoms with Gasteiger partial charge in [-0.05, 0) is 35.2 Å². The largest absolute Gasteiger partial charge is 0.542 e. The van der Waals surface area contributed by atoms with E-state index < -0.39 is 12.1 Å². The Bertz CT molecular complexity index is 1510. The van der Waals surface area contributed by atoms with E-state index in [1.54, 1.807) is 7.11 Å². The number of benzene rings is 2. The highest BCUT2D eigenvalue weighted by Gasteiger charge is 2.32. The molecule has 0 radical (unpaired) electrons. The van der Waals surface area contributed by atoms with Crippen LogP contribution in [0.15, 0.2) is 67.0 Å². The number of alkyl halides is 3. The van der Waals surface area contributed by atoms with Crippen LogP contribution in [0.5, 0.6) is 5.75 Å². The van der Waals surface area contributed by atoms with Gasteiger partial charge in [0.15, 0.2) is 11.7 Å². The van der Waals surface area contributed by atoms with Crippen LogP contribution in [0.2, 0.25) is 0 Å². The second-order valence-electron chi connectivity index (χ2n) is 9.58. The molecule has 3 heterocycles. The average Bonchev–Trinajstić information content (AvgIpc) is 3.40. The number of ether oxygens (including phenoxy) is 1. The molecule has 0 spiro atoms. The number of carbonyl (C=O) groups is 2. The molecular weight excluding hydrogens is 555 g/mol. The molecule has 2 aromatic heterocycles. The summed E-state index contributed by atoms with van der Waals surface area (Å²) in [5.74, 6) is -2.12. The number of hydrogen-bond donors (Lipinski definition) is 2. The smallest absolute Gasteiger partial charge is 0.430 e. The zero-order valence-corrected chi connectivity index (χ0v) is 22.8. The van der Waals surface area contributed by atoms with Crippen molar-refractivity contribution in [1.82, 2.24) is 19.7 Å². The highest BCUT2D eigenvalue weighted by atomic mass is 19.4. The molecule has 1 atom stereocenters. The Labute approximate surface area is 239 Å². The van der Waals surface area contributed by atoms with E-state index in [-0.39, 0.29) is 18.6 Å². The summed E-state index contributed by atoms with van der Waals surface area (Å²) in [7, 11) is 1.66. The Kier molecular flexibility index (Phi) is 9.76. The van der Waals surface area contributed by atoms with Crippen LogP contribution in [0, 0.1) is 0 Å². The molecule has 1 aliphatic heterocycles. The maximum atomic E-state index is 13.5. The molecule has 1 aliphatic rings. The number of carbonyl (C=O) groups excluding carboxylic acids is 2. The fourth-order valence-electron chi connectivity index (χ4n) is 4.77. The Morgan fingerprint density at radius 2 is 1.81 bits per heavy atom. The summed E-state index contributed by atoms with van der Waals surface area (Å²) in [6.07, 6.45) is -0.655. The minimum Gasteiger partial charge on any atom is -0.542 e. The monoisotopic (exact) mass is 585 g/mol. The number of halogens is 3. The molecule has 13 heteroatoms. The summed E-state index contributed by atoms with van der Waals surface area (Å²) >= 11 is 0. The van der Waals surface area contributed by atoms with E-state index in [1.165, 1.54) is 5.56 Å². The third kappa shape index (κ3) is 7.22.